The summed E-state index contributed by atoms with van der Waals surface area (Å²) < 4.78 is 18.6. The summed E-state index contributed by atoms with van der Waals surface area (Å²) in [5.41, 5.74) is 8.32. The molecule has 174 valence electrons. The lowest BCUT2D eigenvalue weighted by Crippen LogP contribution is -1.95. The molecule has 1 heterocycles. The van der Waals surface area contributed by atoms with E-state index in [4.69, 9.17) is 12.9 Å². The van der Waals surface area contributed by atoms with Gasteiger partial charge in [-0.1, -0.05) is 36.2 Å². The molecule has 0 radical (unpaired) electrons. The van der Waals surface area contributed by atoms with Crippen molar-refractivity contribution in [2.24, 2.45) is 0 Å². The third-order valence-corrected chi connectivity index (χ3v) is 7.11. The van der Waals surface area contributed by atoms with E-state index in [-0.39, 0.29) is 0 Å². The molecule has 4 aromatic rings. The number of benzene rings is 3. The summed E-state index contributed by atoms with van der Waals surface area (Å²) in [6.07, 6.45) is 4.09. The maximum atomic E-state index is 9.94. The van der Waals surface area contributed by atoms with Crippen LogP contribution < -0.4 is 4.52 Å². The van der Waals surface area contributed by atoms with E-state index in [1.54, 1.807) is 0 Å². The summed E-state index contributed by atoms with van der Waals surface area (Å²) in [6.45, 7) is 10.8. The molecule has 1 N–H and O–H groups in total. The van der Waals surface area contributed by atoms with Crippen molar-refractivity contribution in [1.82, 2.24) is 0 Å². The molecule has 4 nitrogen and oxygen atoms in total. The van der Waals surface area contributed by atoms with E-state index in [1.165, 1.54) is 16.7 Å². The van der Waals surface area contributed by atoms with Gasteiger partial charge in [0.25, 0.3) is 0 Å². The van der Waals surface area contributed by atoms with Crippen molar-refractivity contribution >= 4 is 30.2 Å². The molecule has 0 fully saturated rings. The molecule has 33 heavy (non-hydrogen) atoms. The number of rotatable bonds is 7. The molecular weight excluding hydrogens is 431 g/mol. The van der Waals surface area contributed by atoms with E-state index >= 15 is 0 Å². The normalized spacial score (nSPS) is 12.0. The van der Waals surface area contributed by atoms with Crippen molar-refractivity contribution in [3.05, 3.63) is 75.8 Å². The summed E-state index contributed by atoms with van der Waals surface area (Å²) in [5.74, 6) is 0.404. The minimum Gasteiger partial charge on any atom is -0.507 e. The van der Waals surface area contributed by atoms with Crippen molar-refractivity contribution in [3.8, 4) is 5.75 Å². The van der Waals surface area contributed by atoms with Gasteiger partial charge in [-0.15, -0.1) is 0 Å². The van der Waals surface area contributed by atoms with Crippen molar-refractivity contribution in [3.63, 3.8) is 0 Å². The zero-order chi connectivity index (χ0) is 23.5. The Morgan fingerprint density at radius 2 is 1.48 bits per heavy atom. The van der Waals surface area contributed by atoms with E-state index in [0.717, 1.165) is 64.3 Å². The number of hydrogen-bond acceptors (Lipinski definition) is 4. The molecule has 3 aromatic carbocycles. The highest BCUT2D eigenvalue weighted by atomic mass is 31.1. The third-order valence-electron chi connectivity index (χ3n) is 6.04. The monoisotopic (exact) mass is 464 g/mol. The smallest absolute Gasteiger partial charge is 0.387 e. The fourth-order valence-corrected chi connectivity index (χ4v) is 5.50. The predicted molar refractivity (Wildman–Crippen MR) is 137 cm³/mol. The van der Waals surface area contributed by atoms with Crippen LogP contribution >= 0.6 is 8.24 Å². The predicted octanol–water partition coefficient (Wildman–Crippen LogP) is 8.38. The fourth-order valence-electron chi connectivity index (χ4n) is 4.37. The van der Waals surface area contributed by atoms with Gasteiger partial charge in [-0.3, -0.25) is 4.52 Å². The molecule has 0 aliphatic heterocycles. The first kappa shape index (κ1) is 23.5. The van der Waals surface area contributed by atoms with Gasteiger partial charge in [-0.2, -0.15) is 0 Å². The van der Waals surface area contributed by atoms with Crippen LogP contribution in [0.5, 0.6) is 5.75 Å². The first-order valence-electron chi connectivity index (χ1n) is 11.6. The lowest BCUT2D eigenvalue weighted by Gasteiger charge is -2.08. The van der Waals surface area contributed by atoms with Crippen LogP contribution in [0.25, 0.3) is 21.9 Å². The van der Waals surface area contributed by atoms with Crippen molar-refractivity contribution in [2.45, 2.75) is 60.3 Å². The Bertz CT molecular complexity index is 1310. The lowest BCUT2D eigenvalue weighted by molar-refractivity contribution is 0.358. The summed E-state index contributed by atoms with van der Waals surface area (Å²) in [5, 5.41) is 12.1. The summed E-state index contributed by atoms with van der Waals surface area (Å²) in [4.78, 5) is 0. The molecule has 0 saturated heterocycles. The van der Waals surface area contributed by atoms with Gasteiger partial charge in [0.1, 0.15) is 16.9 Å². The number of phenols is 1. The standard InChI is InChI=1S/C28H33O4P/c1-18-10-11-26-24(14-18)25-15-19(2)13-22(5)28(25)32-33(31-26)30-12-8-6-7-9-23-16-20(3)27(29)21(4)17-23/h10-11,13-17,29H,6-9,12H2,1-5H3. The molecule has 0 aliphatic rings. The zero-order valence-corrected chi connectivity index (χ0v) is 21.1. The van der Waals surface area contributed by atoms with E-state index < -0.39 is 8.24 Å². The summed E-state index contributed by atoms with van der Waals surface area (Å²) in [7, 11) is -1.51. The number of aromatic hydroxyl groups is 1. The number of unbranched alkanes of at least 4 members (excludes halogenated alkanes) is 2. The van der Waals surface area contributed by atoms with Crippen LogP contribution in [-0.2, 0) is 6.42 Å². The van der Waals surface area contributed by atoms with Crippen LogP contribution in [0, 0.1) is 34.6 Å². The van der Waals surface area contributed by atoms with Crippen LogP contribution in [-0.4, -0.2) is 11.7 Å². The fraction of sp³-hybridized carbons (Fsp3) is 0.357. The number of phenolic OH excluding ortho intramolecular Hbond substituents is 1. The molecule has 0 amide bonds. The molecule has 4 rings (SSSR count). The Labute approximate surface area is 196 Å². The van der Waals surface area contributed by atoms with E-state index in [0.29, 0.717) is 12.4 Å². The Kier molecular flexibility index (Phi) is 7.17. The van der Waals surface area contributed by atoms with Crippen LogP contribution in [0.2, 0.25) is 0 Å². The number of aryl methyl sites for hydroxylation is 6. The highest BCUT2D eigenvalue weighted by molar-refractivity contribution is 7.31. The second-order valence-electron chi connectivity index (χ2n) is 9.09. The number of hydrogen-bond donors (Lipinski definition) is 1. The van der Waals surface area contributed by atoms with Gasteiger partial charge >= 0.3 is 8.24 Å². The molecule has 0 saturated carbocycles. The Morgan fingerprint density at radius 3 is 2.24 bits per heavy atom. The second kappa shape index (κ2) is 10.1. The molecule has 1 unspecified atom stereocenters. The van der Waals surface area contributed by atoms with Gasteiger partial charge in [0.2, 0.25) is 0 Å². The second-order valence-corrected chi connectivity index (χ2v) is 10.2. The SMILES string of the molecule is Cc1ccc2op(OCCCCCc3cc(C)c(O)c(C)c3)oc3c(C)cc(C)cc3c2c1. The maximum Gasteiger partial charge on any atom is 0.387 e. The third kappa shape index (κ3) is 5.46. The molecule has 5 heteroatoms. The molecule has 0 spiro atoms. The summed E-state index contributed by atoms with van der Waals surface area (Å²) in [6, 6.07) is 14.7. The average Bonchev–Trinajstić information content (AvgIpc) is 2.91. The molecular formula is C28H33O4P. The average molecular weight is 465 g/mol. The van der Waals surface area contributed by atoms with E-state index in [9.17, 15) is 5.11 Å². The van der Waals surface area contributed by atoms with E-state index in [2.05, 4.69) is 57.2 Å². The van der Waals surface area contributed by atoms with Gasteiger partial charge in [-0.25, -0.2) is 0 Å². The first-order chi connectivity index (χ1) is 15.8. The zero-order valence-electron chi connectivity index (χ0n) is 20.2. The maximum absolute atomic E-state index is 9.94. The Balaban J connectivity index is 1.46. The van der Waals surface area contributed by atoms with Gasteiger partial charge in [0, 0.05) is 10.8 Å². The molecule has 0 bridgehead atoms. The van der Waals surface area contributed by atoms with Crippen LogP contribution in [0.15, 0.2) is 50.9 Å². The van der Waals surface area contributed by atoms with Crippen LogP contribution in [0.3, 0.4) is 0 Å². The van der Waals surface area contributed by atoms with Crippen molar-refractivity contribution < 1.29 is 18.0 Å². The quantitative estimate of drug-likeness (QED) is 0.279. The van der Waals surface area contributed by atoms with Crippen molar-refractivity contribution in [1.29, 1.82) is 0 Å². The minimum atomic E-state index is -1.51. The highest BCUT2D eigenvalue weighted by Crippen LogP contribution is 2.36. The topological polar surface area (TPSA) is 55.7 Å². The highest BCUT2D eigenvalue weighted by Gasteiger charge is 2.10. The lowest BCUT2D eigenvalue weighted by atomic mass is 10.0. The van der Waals surface area contributed by atoms with Gasteiger partial charge in [0.15, 0.2) is 0 Å². The van der Waals surface area contributed by atoms with Crippen LogP contribution in [0.4, 0.5) is 0 Å². The van der Waals surface area contributed by atoms with E-state index in [1.807, 2.05) is 19.9 Å². The first-order valence-corrected chi connectivity index (χ1v) is 12.7. The van der Waals surface area contributed by atoms with Crippen LogP contribution in [0.1, 0.15) is 52.6 Å². The Hall–Kier alpha value is -2.68. The summed E-state index contributed by atoms with van der Waals surface area (Å²) >= 11 is 0. The molecule has 1 atom stereocenters. The van der Waals surface area contributed by atoms with Gasteiger partial charge < -0.3 is 13.5 Å². The Morgan fingerprint density at radius 1 is 0.758 bits per heavy atom. The largest absolute Gasteiger partial charge is 0.507 e. The molecule has 0 aliphatic carbocycles. The number of fused-ring (bicyclic) bond motifs is 3. The minimum absolute atomic E-state index is 0.404. The molecule has 1 aromatic heterocycles. The van der Waals surface area contributed by atoms with Gasteiger partial charge in [0.05, 0.1) is 6.61 Å². The van der Waals surface area contributed by atoms with Crippen molar-refractivity contribution in [2.75, 3.05) is 6.61 Å². The van der Waals surface area contributed by atoms with Gasteiger partial charge in [-0.05, 0) is 99.9 Å².